The number of nitrogens with one attached hydrogen (secondary N) is 2. The lowest BCUT2D eigenvalue weighted by atomic mass is 10.0. The van der Waals surface area contributed by atoms with Gasteiger partial charge in [-0.05, 0) is 26.3 Å². The van der Waals surface area contributed by atoms with Gasteiger partial charge in [-0.2, -0.15) is 0 Å². The molecule has 0 aliphatic carbocycles. The van der Waals surface area contributed by atoms with E-state index < -0.39 is 34.7 Å². The number of aliphatic carboxylic acids is 1. The van der Waals surface area contributed by atoms with Crippen molar-refractivity contribution in [3.63, 3.8) is 0 Å². The van der Waals surface area contributed by atoms with Crippen molar-refractivity contribution in [1.82, 2.24) is 15.5 Å². The van der Waals surface area contributed by atoms with Crippen LogP contribution in [0.15, 0.2) is 41.6 Å². The molecule has 3 N–H and O–H groups in total. The average Bonchev–Trinajstić information content (AvgIpc) is 2.64. The number of nitrogens with zero attached hydrogens (tertiary/aromatic N) is 1. The number of benzene rings is 1. The van der Waals surface area contributed by atoms with Crippen molar-refractivity contribution in [3.05, 3.63) is 47.2 Å². The van der Waals surface area contributed by atoms with Gasteiger partial charge in [0.15, 0.2) is 0 Å². The van der Waals surface area contributed by atoms with Crippen LogP contribution in [0.2, 0.25) is 0 Å². The summed E-state index contributed by atoms with van der Waals surface area (Å²) in [5.74, 6) is -2.54. The van der Waals surface area contributed by atoms with Crippen LogP contribution in [-0.2, 0) is 25.6 Å². The summed E-state index contributed by atoms with van der Waals surface area (Å²) in [6.45, 7) is 5.37. The molecule has 154 valence electrons. The summed E-state index contributed by atoms with van der Waals surface area (Å²) in [4.78, 5) is 50.3. The largest absolute Gasteiger partial charge is 0.477 e. The summed E-state index contributed by atoms with van der Waals surface area (Å²) >= 11 is 1.27. The third-order valence-electron chi connectivity index (χ3n) is 4.46. The van der Waals surface area contributed by atoms with Crippen molar-refractivity contribution in [2.75, 3.05) is 5.75 Å². The fraction of sp³-hybridized carbons (Fsp3) is 0.400. The van der Waals surface area contributed by atoms with Crippen LogP contribution < -0.4 is 10.6 Å². The molecule has 1 fully saturated rings. The van der Waals surface area contributed by atoms with Gasteiger partial charge >= 0.3 is 5.97 Å². The molecular weight excluding hydrogens is 394 g/mol. The smallest absolute Gasteiger partial charge is 0.353 e. The lowest BCUT2D eigenvalue weighted by Crippen LogP contribution is -2.71. The summed E-state index contributed by atoms with van der Waals surface area (Å²) in [5.41, 5.74) is 0.0181. The molecule has 0 saturated carbocycles. The standard InChI is InChI=1S/C20H23N3O5S/c1-20(2,3)22-16(25)12-10-29-18-14(17(26)23(18)15(12)19(27)28)21-13(24)9-11-7-5-4-6-8-11/h4-8,14,18H,9-10H2,1-3H3,(H,21,24)(H,22,25)(H,27,28)/t14?,18-/m1/s1. The maximum atomic E-state index is 12.6. The van der Waals surface area contributed by atoms with Gasteiger partial charge in [0, 0.05) is 11.3 Å². The zero-order valence-electron chi connectivity index (χ0n) is 16.4. The maximum Gasteiger partial charge on any atom is 0.353 e. The highest BCUT2D eigenvalue weighted by Crippen LogP contribution is 2.40. The molecule has 2 aliphatic heterocycles. The summed E-state index contributed by atoms with van der Waals surface area (Å²) in [6, 6.07) is 8.32. The van der Waals surface area contributed by atoms with E-state index >= 15 is 0 Å². The molecule has 9 heteroatoms. The normalized spacial score (nSPS) is 21.2. The van der Waals surface area contributed by atoms with E-state index in [1.807, 2.05) is 30.3 Å². The molecule has 8 nitrogen and oxygen atoms in total. The van der Waals surface area contributed by atoms with Gasteiger partial charge < -0.3 is 15.7 Å². The molecule has 2 heterocycles. The number of carbonyl (C=O) groups is 4. The fourth-order valence-corrected chi connectivity index (χ4v) is 4.56. The highest BCUT2D eigenvalue weighted by atomic mass is 32.2. The maximum absolute atomic E-state index is 12.6. The molecule has 0 bridgehead atoms. The second-order valence-electron chi connectivity index (χ2n) is 7.95. The number of amides is 3. The van der Waals surface area contributed by atoms with Gasteiger partial charge in [0.25, 0.3) is 11.8 Å². The van der Waals surface area contributed by atoms with Gasteiger partial charge in [-0.3, -0.25) is 19.3 Å². The van der Waals surface area contributed by atoms with Crippen LogP contribution in [0, 0.1) is 0 Å². The van der Waals surface area contributed by atoms with Gasteiger partial charge in [-0.25, -0.2) is 4.79 Å². The Balaban J connectivity index is 1.74. The van der Waals surface area contributed by atoms with Crippen LogP contribution in [0.1, 0.15) is 26.3 Å². The Bertz CT molecular complexity index is 891. The minimum absolute atomic E-state index is 0.0519. The molecule has 3 rings (SSSR count). The van der Waals surface area contributed by atoms with Crippen LogP contribution in [0.25, 0.3) is 0 Å². The van der Waals surface area contributed by atoms with E-state index in [0.29, 0.717) is 0 Å². The van der Waals surface area contributed by atoms with Crippen LogP contribution in [0.5, 0.6) is 0 Å². The first kappa shape index (κ1) is 20.9. The van der Waals surface area contributed by atoms with Crippen LogP contribution in [-0.4, -0.2) is 56.4 Å². The number of carboxylic acids is 1. The zero-order valence-corrected chi connectivity index (χ0v) is 17.2. The third kappa shape index (κ3) is 4.45. The molecule has 0 radical (unpaired) electrons. The molecule has 1 unspecified atom stereocenters. The summed E-state index contributed by atoms with van der Waals surface area (Å²) < 4.78 is 0. The predicted octanol–water partition coefficient (Wildman–Crippen LogP) is 0.882. The first-order valence-corrected chi connectivity index (χ1v) is 10.2. The number of thioether (sulfide) groups is 1. The summed E-state index contributed by atoms with van der Waals surface area (Å²) in [7, 11) is 0. The first-order valence-electron chi connectivity index (χ1n) is 9.15. The van der Waals surface area contributed by atoms with E-state index in [0.717, 1.165) is 10.5 Å². The van der Waals surface area contributed by atoms with Crippen molar-refractivity contribution in [2.45, 2.75) is 44.1 Å². The van der Waals surface area contributed by atoms with Gasteiger partial charge in [0.05, 0.1) is 12.0 Å². The van der Waals surface area contributed by atoms with E-state index in [-0.39, 0.29) is 29.4 Å². The number of hydrogen-bond donors (Lipinski definition) is 3. The molecule has 3 amide bonds. The Kier molecular flexibility index (Phi) is 5.70. The molecule has 1 aromatic rings. The molecule has 2 atom stereocenters. The quantitative estimate of drug-likeness (QED) is 0.613. The topological polar surface area (TPSA) is 116 Å². The van der Waals surface area contributed by atoms with E-state index in [1.54, 1.807) is 20.8 Å². The fourth-order valence-electron chi connectivity index (χ4n) is 3.21. The second kappa shape index (κ2) is 7.90. The number of β-lactam (4-membered cyclic amide) rings is 1. The Morgan fingerprint density at radius 3 is 2.45 bits per heavy atom. The van der Waals surface area contributed by atoms with E-state index in [9.17, 15) is 24.3 Å². The highest BCUT2D eigenvalue weighted by Gasteiger charge is 2.55. The van der Waals surface area contributed by atoms with E-state index in [1.165, 1.54) is 11.8 Å². The molecule has 0 spiro atoms. The SMILES string of the molecule is CC(C)(C)NC(=O)C1=C(C(=O)O)N2C(=O)C(NC(=O)Cc3ccccc3)[C@H]2SC1. The van der Waals surface area contributed by atoms with Crippen molar-refractivity contribution in [3.8, 4) is 0 Å². The van der Waals surface area contributed by atoms with Gasteiger partial charge in [0.2, 0.25) is 5.91 Å². The zero-order chi connectivity index (χ0) is 21.3. The predicted molar refractivity (Wildman–Crippen MR) is 108 cm³/mol. The van der Waals surface area contributed by atoms with Crippen molar-refractivity contribution < 1.29 is 24.3 Å². The molecule has 1 saturated heterocycles. The van der Waals surface area contributed by atoms with Crippen molar-refractivity contribution >= 4 is 35.5 Å². The Morgan fingerprint density at radius 2 is 1.86 bits per heavy atom. The Hall–Kier alpha value is -2.81. The number of hydrogen-bond acceptors (Lipinski definition) is 5. The van der Waals surface area contributed by atoms with E-state index in [4.69, 9.17) is 0 Å². The minimum atomic E-state index is -1.34. The van der Waals surface area contributed by atoms with E-state index in [2.05, 4.69) is 10.6 Å². The molecular formula is C20H23N3O5S. The molecule has 0 aromatic heterocycles. The summed E-state index contributed by atoms with van der Waals surface area (Å²) in [5, 5.41) is 14.5. The number of carbonyl (C=O) groups excluding carboxylic acids is 3. The second-order valence-corrected chi connectivity index (χ2v) is 9.06. The number of carboxylic acid groups (broad SMARTS) is 1. The van der Waals surface area contributed by atoms with Gasteiger partial charge in [-0.15, -0.1) is 11.8 Å². The van der Waals surface area contributed by atoms with Crippen LogP contribution in [0.4, 0.5) is 0 Å². The minimum Gasteiger partial charge on any atom is -0.477 e. The third-order valence-corrected chi connectivity index (χ3v) is 5.74. The van der Waals surface area contributed by atoms with Crippen molar-refractivity contribution in [1.29, 1.82) is 0 Å². The number of fused-ring (bicyclic) bond motifs is 1. The monoisotopic (exact) mass is 417 g/mol. The molecule has 1 aromatic carbocycles. The van der Waals surface area contributed by atoms with Gasteiger partial charge in [0.1, 0.15) is 17.1 Å². The van der Waals surface area contributed by atoms with Crippen LogP contribution in [0.3, 0.4) is 0 Å². The van der Waals surface area contributed by atoms with Gasteiger partial charge in [-0.1, -0.05) is 30.3 Å². The highest BCUT2D eigenvalue weighted by molar-refractivity contribution is 8.00. The Labute approximate surface area is 172 Å². The first-order chi connectivity index (χ1) is 13.6. The number of rotatable bonds is 5. The molecule has 2 aliphatic rings. The van der Waals surface area contributed by atoms with Crippen LogP contribution >= 0.6 is 11.8 Å². The lowest BCUT2D eigenvalue weighted by Gasteiger charge is -2.49. The summed E-state index contributed by atoms with van der Waals surface area (Å²) in [6.07, 6.45) is 0.128. The average molecular weight is 417 g/mol. The Morgan fingerprint density at radius 1 is 1.21 bits per heavy atom. The molecule has 29 heavy (non-hydrogen) atoms. The van der Waals surface area contributed by atoms with Crippen molar-refractivity contribution in [2.24, 2.45) is 0 Å². The lowest BCUT2D eigenvalue weighted by molar-refractivity contribution is -0.150.